The summed E-state index contributed by atoms with van der Waals surface area (Å²) in [5.41, 5.74) is 0.761. The van der Waals surface area contributed by atoms with Gasteiger partial charge < -0.3 is 15.4 Å². The van der Waals surface area contributed by atoms with Gasteiger partial charge in [-0.2, -0.15) is 0 Å². The lowest BCUT2D eigenvalue weighted by Crippen LogP contribution is -2.46. The highest BCUT2D eigenvalue weighted by molar-refractivity contribution is 5.96. The third kappa shape index (κ3) is 4.46. The van der Waals surface area contributed by atoms with Crippen molar-refractivity contribution in [2.45, 2.75) is 45.6 Å². The highest BCUT2D eigenvalue weighted by Gasteiger charge is 2.26. The summed E-state index contributed by atoms with van der Waals surface area (Å²) in [7, 11) is 0. The van der Waals surface area contributed by atoms with Gasteiger partial charge in [0.25, 0.3) is 0 Å². The number of piperidine rings is 1. The fraction of sp³-hybridized carbons (Fsp3) is 0.588. The Morgan fingerprint density at radius 1 is 1.38 bits per heavy atom. The predicted molar refractivity (Wildman–Crippen MR) is 85.7 cm³/mol. The number of benzene rings is 1. The fourth-order valence-corrected chi connectivity index (χ4v) is 2.69. The van der Waals surface area contributed by atoms with Gasteiger partial charge in [-0.3, -0.25) is 4.79 Å². The lowest BCUT2D eigenvalue weighted by atomic mass is 9.90. The van der Waals surface area contributed by atoms with E-state index in [4.69, 9.17) is 4.74 Å². The molecule has 0 spiro atoms. The Kier molecular flexibility index (Phi) is 6.05. The van der Waals surface area contributed by atoms with E-state index in [-0.39, 0.29) is 11.9 Å². The first-order chi connectivity index (χ1) is 10.2. The standard InChI is InChI=1S/C17H26N2O2/c1-3-11-21-16-8-6-5-7-14(16)19-17(20)15-12-13(4-2)9-10-18-15/h5-8,13,15,18H,3-4,9-12H2,1-2H3,(H,19,20). The van der Waals surface area contributed by atoms with Crippen molar-refractivity contribution < 1.29 is 9.53 Å². The molecule has 2 unspecified atom stereocenters. The molecular formula is C17H26N2O2. The molecule has 0 radical (unpaired) electrons. The van der Waals surface area contributed by atoms with Crippen LogP contribution in [0.3, 0.4) is 0 Å². The molecule has 1 saturated heterocycles. The molecule has 1 amide bonds. The highest BCUT2D eigenvalue weighted by atomic mass is 16.5. The molecule has 2 atom stereocenters. The van der Waals surface area contributed by atoms with Gasteiger partial charge in [0.05, 0.1) is 18.3 Å². The van der Waals surface area contributed by atoms with Crippen LogP contribution in [0.1, 0.15) is 39.5 Å². The van der Waals surface area contributed by atoms with Crippen molar-refractivity contribution in [3.05, 3.63) is 24.3 Å². The topological polar surface area (TPSA) is 50.4 Å². The SMILES string of the molecule is CCCOc1ccccc1NC(=O)C1CC(CC)CCN1. The molecule has 1 aliphatic rings. The number of carbonyl (C=O) groups is 1. The molecule has 116 valence electrons. The van der Waals surface area contributed by atoms with Crippen LogP contribution in [-0.4, -0.2) is 25.1 Å². The maximum absolute atomic E-state index is 12.4. The first-order valence-electron chi connectivity index (χ1n) is 8.00. The molecule has 0 saturated carbocycles. The van der Waals surface area contributed by atoms with Crippen LogP contribution in [0.2, 0.25) is 0 Å². The van der Waals surface area contributed by atoms with Gasteiger partial charge >= 0.3 is 0 Å². The van der Waals surface area contributed by atoms with E-state index in [1.165, 1.54) is 0 Å². The Hall–Kier alpha value is -1.55. The molecule has 2 rings (SSSR count). The van der Waals surface area contributed by atoms with Crippen LogP contribution >= 0.6 is 0 Å². The van der Waals surface area contributed by atoms with Crippen LogP contribution in [0, 0.1) is 5.92 Å². The minimum atomic E-state index is -0.0945. The summed E-state index contributed by atoms with van der Waals surface area (Å²) in [6.45, 7) is 5.84. The number of hydrogen-bond donors (Lipinski definition) is 2. The number of carbonyl (C=O) groups excluding carboxylic acids is 1. The number of hydrogen-bond acceptors (Lipinski definition) is 3. The van der Waals surface area contributed by atoms with E-state index in [1.54, 1.807) is 0 Å². The number of nitrogens with one attached hydrogen (secondary N) is 2. The number of ether oxygens (including phenoxy) is 1. The minimum absolute atomic E-state index is 0.0423. The monoisotopic (exact) mass is 290 g/mol. The molecule has 1 heterocycles. The normalized spacial score (nSPS) is 21.8. The van der Waals surface area contributed by atoms with E-state index in [0.717, 1.165) is 43.7 Å². The quantitative estimate of drug-likeness (QED) is 0.846. The third-order valence-corrected chi connectivity index (χ3v) is 4.01. The second kappa shape index (κ2) is 8.03. The van der Waals surface area contributed by atoms with Crippen LogP contribution in [0.4, 0.5) is 5.69 Å². The number of para-hydroxylation sites is 2. The van der Waals surface area contributed by atoms with E-state index in [0.29, 0.717) is 12.5 Å². The first kappa shape index (κ1) is 15.8. The summed E-state index contributed by atoms with van der Waals surface area (Å²) >= 11 is 0. The van der Waals surface area contributed by atoms with E-state index in [2.05, 4.69) is 24.5 Å². The van der Waals surface area contributed by atoms with Crippen LogP contribution in [-0.2, 0) is 4.79 Å². The Balaban J connectivity index is 1.98. The smallest absolute Gasteiger partial charge is 0.241 e. The molecular weight excluding hydrogens is 264 g/mol. The average molecular weight is 290 g/mol. The van der Waals surface area contributed by atoms with Crippen molar-refractivity contribution in [1.29, 1.82) is 0 Å². The van der Waals surface area contributed by atoms with Crippen LogP contribution < -0.4 is 15.4 Å². The summed E-state index contributed by atoms with van der Waals surface area (Å²) < 4.78 is 5.68. The number of amides is 1. The Morgan fingerprint density at radius 2 is 2.19 bits per heavy atom. The fourth-order valence-electron chi connectivity index (χ4n) is 2.69. The van der Waals surface area contributed by atoms with E-state index >= 15 is 0 Å². The van der Waals surface area contributed by atoms with Gasteiger partial charge in [0.1, 0.15) is 5.75 Å². The Morgan fingerprint density at radius 3 is 2.95 bits per heavy atom. The minimum Gasteiger partial charge on any atom is -0.491 e. The van der Waals surface area contributed by atoms with E-state index < -0.39 is 0 Å². The van der Waals surface area contributed by atoms with Gasteiger partial charge in [0.2, 0.25) is 5.91 Å². The van der Waals surface area contributed by atoms with Gasteiger partial charge in [-0.05, 0) is 43.9 Å². The highest BCUT2D eigenvalue weighted by Crippen LogP contribution is 2.25. The van der Waals surface area contributed by atoms with E-state index in [9.17, 15) is 4.79 Å². The van der Waals surface area contributed by atoms with Gasteiger partial charge in [-0.1, -0.05) is 32.4 Å². The summed E-state index contributed by atoms with van der Waals surface area (Å²) in [5.74, 6) is 1.44. The van der Waals surface area contributed by atoms with Crippen molar-refractivity contribution in [3.63, 3.8) is 0 Å². The molecule has 4 nitrogen and oxygen atoms in total. The van der Waals surface area contributed by atoms with Crippen LogP contribution in [0.15, 0.2) is 24.3 Å². The van der Waals surface area contributed by atoms with Crippen molar-refractivity contribution in [3.8, 4) is 5.75 Å². The second-order valence-corrected chi connectivity index (χ2v) is 5.64. The van der Waals surface area contributed by atoms with Gasteiger partial charge in [0, 0.05) is 0 Å². The zero-order chi connectivity index (χ0) is 15.1. The van der Waals surface area contributed by atoms with Crippen molar-refractivity contribution >= 4 is 11.6 Å². The largest absolute Gasteiger partial charge is 0.491 e. The zero-order valence-corrected chi connectivity index (χ0v) is 13.0. The molecule has 0 bridgehead atoms. The summed E-state index contributed by atoms with van der Waals surface area (Å²) in [4.78, 5) is 12.4. The molecule has 0 aromatic heterocycles. The summed E-state index contributed by atoms with van der Waals surface area (Å²) in [5, 5.41) is 6.32. The van der Waals surface area contributed by atoms with Gasteiger partial charge in [0.15, 0.2) is 0 Å². The Labute approximate surface area is 127 Å². The second-order valence-electron chi connectivity index (χ2n) is 5.64. The van der Waals surface area contributed by atoms with E-state index in [1.807, 2.05) is 24.3 Å². The Bertz CT molecular complexity index is 462. The maximum Gasteiger partial charge on any atom is 0.241 e. The third-order valence-electron chi connectivity index (χ3n) is 4.01. The van der Waals surface area contributed by atoms with Crippen molar-refractivity contribution in [2.75, 3.05) is 18.5 Å². The van der Waals surface area contributed by atoms with Crippen molar-refractivity contribution in [2.24, 2.45) is 5.92 Å². The van der Waals surface area contributed by atoms with Crippen molar-refractivity contribution in [1.82, 2.24) is 5.32 Å². The molecule has 0 aliphatic carbocycles. The molecule has 1 aromatic carbocycles. The molecule has 21 heavy (non-hydrogen) atoms. The molecule has 2 N–H and O–H groups in total. The molecule has 1 aromatic rings. The predicted octanol–water partition coefficient (Wildman–Crippen LogP) is 3.19. The van der Waals surface area contributed by atoms with Gasteiger partial charge in [-0.15, -0.1) is 0 Å². The number of rotatable bonds is 6. The van der Waals surface area contributed by atoms with Crippen LogP contribution in [0.25, 0.3) is 0 Å². The molecule has 1 aliphatic heterocycles. The zero-order valence-electron chi connectivity index (χ0n) is 13.0. The van der Waals surface area contributed by atoms with Crippen LogP contribution in [0.5, 0.6) is 5.75 Å². The lowest BCUT2D eigenvalue weighted by Gasteiger charge is -2.29. The maximum atomic E-state index is 12.4. The summed E-state index contributed by atoms with van der Waals surface area (Å²) in [6, 6.07) is 7.53. The number of anilines is 1. The summed E-state index contributed by atoms with van der Waals surface area (Å²) in [6.07, 6.45) is 4.17. The average Bonchev–Trinajstić information content (AvgIpc) is 2.54. The first-order valence-corrected chi connectivity index (χ1v) is 8.00. The molecule has 1 fully saturated rings. The molecule has 4 heteroatoms. The lowest BCUT2D eigenvalue weighted by molar-refractivity contribution is -0.119. The van der Waals surface area contributed by atoms with Gasteiger partial charge in [-0.25, -0.2) is 0 Å².